The van der Waals surface area contributed by atoms with Gasteiger partial charge in [0.1, 0.15) is 0 Å². The van der Waals surface area contributed by atoms with Crippen molar-refractivity contribution >= 4 is 23.6 Å². The minimum absolute atomic E-state index is 0.223. The number of ether oxygens (including phenoxy) is 1. The highest BCUT2D eigenvalue weighted by atomic mass is 35.5. The van der Waals surface area contributed by atoms with Gasteiger partial charge >= 0.3 is 6.09 Å². The highest BCUT2D eigenvalue weighted by Crippen LogP contribution is 2.42. The van der Waals surface area contributed by atoms with Gasteiger partial charge in [-0.2, -0.15) is 5.10 Å². The standard InChI is InChI=1S/C17H19ClN4O3/c1-3-25-17(24)21-20-16(23)13-9-19-22(15(13)11-5-6-11)12-7-4-10(2)14(18)8-12/h4,7-9,11H,3,5-6H2,1-2H3,(H,20,23)(H,21,24). The molecule has 0 atom stereocenters. The summed E-state index contributed by atoms with van der Waals surface area (Å²) in [6, 6.07) is 5.66. The van der Waals surface area contributed by atoms with Crippen molar-refractivity contribution in [2.45, 2.75) is 32.6 Å². The van der Waals surface area contributed by atoms with Gasteiger partial charge in [0, 0.05) is 10.9 Å². The van der Waals surface area contributed by atoms with E-state index in [2.05, 4.69) is 16.0 Å². The Morgan fingerprint density at radius 3 is 2.76 bits per heavy atom. The summed E-state index contributed by atoms with van der Waals surface area (Å²) >= 11 is 6.21. The molecule has 1 aromatic carbocycles. The van der Waals surface area contributed by atoms with E-state index in [0.29, 0.717) is 10.6 Å². The first-order valence-corrected chi connectivity index (χ1v) is 8.46. The Hall–Kier alpha value is -2.54. The van der Waals surface area contributed by atoms with Gasteiger partial charge in [-0.05, 0) is 44.4 Å². The molecule has 7 nitrogen and oxygen atoms in total. The van der Waals surface area contributed by atoms with Gasteiger partial charge < -0.3 is 4.74 Å². The molecule has 3 rings (SSSR count). The van der Waals surface area contributed by atoms with Crippen molar-refractivity contribution in [1.29, 1.82) is 0 Å². The smallest absolute Gasteiger partial charge is 0.426 e. The zero-order chi connectivity index (χ0) is 18.0. The number of carbonyl (C=O) groups is 2. The molecule has 1 heterocycles. The van der Waals surface area contributed by atoms with E-state index < -0.39 is 12.0 Å². The maximum absolute atomic E-state index is 12.4. The average molecular weight is 363 g/mol. The van der Waals surface area contributed by atoms with Crippen LogP contribution < -0.4 is 10.9 Å². The Balaban J connectivity index is 1.86. The molecule has 25 heavy (non-hydrogen) atoms. The lowest BCUT2D eigenvalue weighted by Gasteiger charge is -2.11. The Bertz CT molecular complexity index is 814. The second kappa shape index (κ2) is 7.14. The van der Waals surface area contributed by atoms with Crippen LogP contribution >= 0.6 is 11.6 Å². The lowest BCUT2D eigenvalue weighted by molar-refractivity contribution is 0.0911. The topological polar surface area (TPSA) is 85.2 Å². The van der Waals surface area contributed by atoms with Crippen molar-refractivity contribution in [2.24, 2.45) is 0 Å². The van der Waals surface area contributed by atoms with E-state index in [4.69, 9.17) is 16.3 Å². The molecule has 0 bridgehead atoms. The van der Waals surface area contributed by atoms with E-state index >= 15 is 0 Å². The van der Waals surface area contributed by atoms with Gasteiger partial charge in [-0.1, -0.05) is 17.7 Å². The lowest BCUT2D eigenvalue weighted by atomic mass is 10.1. The van der Waals surface area contributed by atoms with Crippen LogP contribution in [0.15, 0.2) is 24.4 Å². The van der Waals surface area contributed by atoms with Gasteiger partial charge in [-0.3, -0.25) is 10.2 Å². The van der Waals surface area contributed by atoms with Crippen molar-refractivity contribution in [3.8, 4) is 5.69 Å². The molecule has 0 radical (unpaired) electrons. The summed E-state index contributed by atoms with van der Waals surface area (Å²) in [5.41, 5.74) is 7.59. The van der Waals surface area contributed by atoms with E-state index in [-0.39, 0.29) is 12.5 Å². The fraction of sp³-hybridized carbons (Fsp3) is 0.353. The maximum Gasteiger partial charge on any atom is 0.426 e. The summed E-state index contributed by atoms with van der Waals surface area (Å²) in [4.78, 5) is 23.7. The molecule has 2 N–H and O–H groups in total. The van der Waals surface area contributed by atoms with E-state index in [0.717, 1.165) is 29.8 Å². The molecule has 0 aliphatic heterocycles. The third-order valence-electron chi connectivity index (χ3n) is 3.97. The number of nitrogens with zero attached hydrogens (tertiary/aromatic N) is 2. The number of hydrogen-bond acceptors (Lipinski definition) is 4. The number of amides is 2. The van der Waals surface area contributed by atoms with Crippen molar-refractivity contribution in [3.05, 3.63) is 46.2 Å². The molecule has 2 amide bonds. The number of nitrogens with one attached hydrogen (secondary N) is 2. The van der Waals surface area contributed by atoms with Crippen LogP contribution in [0.2, 0.25) is 5.02 Å². The van der Waals surface area contributed by atoms with E-state index in [1.807, 2.05) is 25.1 Å². The first kappa shape index (κ1) is 17.3. The Kier molecular flexibility index (Phi) is 4.94. The SMILES string of the molecule is CCOC(=O)NNC(=O)c1cnn(-c2ccc(C)c(Cl)c2)c1C1CC1. The molecule has 1 fully saturated rings. The average Bonchev–Trinajstić information content (AvgIpc) is 3.33. The molecular formula is C17H19ClN4O3. The molecule has 1 aliphatic rings. The minimum Gasteiger partial charge on any atom is -0.449 e. The second-order valence-corrected chi connectivity index (χ2v) is 6.27. The molecule has 0 saturated heterocycles. The van der Waals surface area contributed by atoms with Crippen molar-refractivity contribution in [3.63, 3.8) is 0 Å². The van der Waals surface area contributed by atoms with Gasteiger partial charge in [0.15, 0.2) is 0 Å². The van der Waals surface area contributed by atoms with Crippen LogP contribution in [0, 0.1) is 6.92 Å². The van der Waals surface area contributed by atoms with Gasteiger partial charge in [0.2, 0.25) is 0 Å². The predicted molar refractivity (Wildman–Crippen MR) is 92.9 cm³/mol. The molecule has 2 aromatic rings. The fourth-order valence-corrected chi connectivity index (χ4v) is 2.72. The van der Waals surface area contributed by atoms with E-state index in [1.54, 1.807) is 11.6 Å². The third kappa shape index (κ3) is 3.76. The highest BCUT2D eigenvalue weighted by molar-refractivity contribution is 6.31. The van der Waals surface area contributed by atoms with Crippen LogP contribution in [0.4, 0.5) is 4.79 Å². The lowest BCUT2D eigenvalue weighted by Crippen LogP contribution is -2.42. The summed E-state index contributed by atoms with van der Waals surface area (Å²) in [6.45, 7) is 3.83. The molecule has 1 aromatic heterocycles. The predicted octanol–water partition coefficient (Wildman–Crippen LogP) is 3.10. The first-order chi connectivity index (χ1) is 12.0. The Morgan fingerprint density at radius 1 is 1.36 bits per heavy atom. The molecule has 0 unspecified atom stereocenters. The molecule has 132 valence electrons. The van der Waals surface area contributed by atoms with Crippen LogP contribution in [0.3, 0.4) is 0 Å². The van der Waals surface area contributed by atoms with Gasteiger partial charge in [0.25, 0.3) is 5.91 Å². The maximum atomic E-state index is 12.4. The third-order valence-corrected chi connectivity index (χ3v) is 4.38. The number of benzene rings is 1. The molecule has 8 heteroatoms. The normalized spacial score (nSPS) is 13.4. The number of hydrogen-bond donors (Lipinski definition) is 2. The zero-order valence-electron chi connectivity index (χ0n) is 14.0. The van der Waals surface area contributed by atoms with Crippen LogP contribution in [-0.2, 0) is 4.74 Å². The largest absolute Gasteiger partial charge is 0.449 e. The number of carbonyl (C=O) groups excluding carboxylic acids is 2. The summed E-state index contributed by atoms with van der Waals surface area (Å²) < 4.78 is 6.46. The Morgan fingerprint density at radius 2 is 2.12 bits per heavy atom. The number of halogens is 1. The van der Waals surface area contributed by atoms with Crippen molar-refractivity contribution in [2.75, 3.05) is 6.61 Å². The molecule has 1 aliphatic carbocycles. The van der Waals surface area contributed by atoms with E-state index in [9.17, 15) is 9.59 Å². The molecule has 0 spiro atoms. The number of hydrazine groups is 1. The summed E-state index contributed by atoms with van der Waals surface area (Å²) in [7, 11) is 0. The summed E-state index contributed by atoms with van der Waals surface area (Å²) in [5.74, 6) is -0.162. The summed E-state index contributed by atoms with van der Waals surface area (Å²) in [6.07, 6.45) is 2.79. The molecular weight excluding hydrogens is 344 g/mol. The van der Waals surface area contributed by atoms with Crippen molar-refractivity contribution in [1.82, 2.24) is 20.6 Å². The van der Waals surface area contributed by atoms with Crippen molar-refractivity contribution < 1.29 is 14.3 Å². The van der Waals surface area contributed by atoms with Gasteiger partial charge in [-0.25, -0.2) is 14.9 Å². The van der Waals surface area contributed by atoms with Crippen LogP contribution in [-0.4, -0.2) is 28.4 Å². The number of aryl methyl sites for hydroxylation is 1. The number of rotatable bonds is 4. The van der Waals surface area contributed by atoms with Gasteiger partial charge in [-0.15, -0.1) is 0 Å². The van der Waals surface area contributed by atoms with Crippen LogP contribution in [0.5, 0.6) is 0 Å². The Labute approximate surface area is 150 Å². The monoisotopic (exact) mass is 362 g/mol. The fourth-order valence-electron chi connectivity index (χ4n) is 2.54. The second-order valence-electron chi connectivity index (χ2n) is 5.86. The highest BCUT2D eigenvalue weighted by Gasteiger charge is 2.33. The minimum atomic E-state index is -0.707. The summed E-state index contributed by atoms with van der Waals surface area (Å²) in [5, 5.41) is 5.00. The van der Waals surface area contributed by atoms with Crippen LogP contribution in [0.25, 0.3) is 5.69 Å². The first-order valence-electron chi connectivity index (χ1n) is 8.08. The molecule has 1 saturated carbocycles. The quantitative estimate of drug-likeness (QED) is 0.818. The number of aromatic nitrogens is 2. The van der Waals surface area contributed by atoms with E-state index in [1.165, 1.54) is 6.20 Å². The van der Waals surface area contributed by atoms with Gasteiger partial charge in [0.05, 0.1) is 29.7 Å². The van der Waals surface area contributed by atoms with Crippen LogP contribution in [0.1, 0.15) is 47.3 Å². The zero-order valence-corrected chi connectivity index (χ0v) is 14.8.